The fourth-order valence-corrected chi connectivity index (χ4v) is 2.93. The highest BCUT2D eigenvalue weighted by Gasteiger charge is 2.10. The number of carbonyl (C=O) groups excluding carboxylic acids is 3. The Hall–Kier alpha value is -3.20. The van der Waals surface area contributed by atoms with Crippen LogP contribution in [0.25, 0.3) is 0 Å². The number of anilines is 1. The number of halogens is 1. The molecule has 0 saturated carbocycles. The highest BCUT2D eigenvalue weighted by Crippen LogP contribution is 2.25. The standard InChI is InChI=1S/C21H22BrN3O5/c1-13-4-6-17(14(2)8-13)24-19(26)10-20(27)25-23-11-15-5-7-18(16(22)9-15)30-12-21(28)29-3/h4-9,11H,10,12H2,1-3H3,(H,24,26)(H,25,27). The van der Waals surface area contributed by atoms with E-state index in [9.17, 15) is 14.4 Å². The Labute approximate surface area is 182 Å². The van der Waals surface area contributed by atoms with Crippen LogP contribution in [0.2, 0.25) is 0 Å². The van der Waals surface area contributed by atoms with E-state index in [2.05, 4.69) is 36.5 Å². The zero-order valence-corrected chi connectivity index (χ0v) is 18.4. The summed E-state index contributed by atoms with van der Waals surface area (Å²) in [6.07, 6.45) is 1.07. The number of esters is 1. The first-order chi connectivity index (χ1) is 14.3. The quantitative estimate of drug-likeness (QED) is 0.264. The van der Waals surface area contributed by atoms with E-state index in [-0.39, 0.29) is 13.0 Å². The SMILES string of the molecule is COC(=O)COc1ccc(C=NNC(=O)CC(=O)Nc2ccc(C)cc2C)cc1Br. The first-order valence-corrected chi connectivity index (χ1v) is 9.76. The van der Waals surface area contributed by atoms with Crippen LogP contribution in [0.15, 0.2) is 46.0 Å². The van der Waals surface area contributed by atoms with Crippen LogP contribution in [-0.4, -0.2) is 37.7 Å². The third kappa shape index (κ3) is 7.32. The molecule has 2 aromatic rings. The number of hydrogen-bond donors (Lipinski definition) is 2. The van der Waals surface area contributed by atoms with Gasteiger partial charge in [-0.05, 0) is 65.2 Å². The lowest BCUT2D eigenvalue weighted by atomic mass is 10.1. The molecular formula is C21H22BrN3O5. The fraction of sp³-hybridized carbons (Fsp3) is 0.238. The second-order valence-electron chi connectivity index (χ2n) is 6.39. The Morgan fingerprint density at radius 1 is 1.10 bits per heavy atom. The molecular weight excluding hydrogens is 454 g/mol. The number of methoxy groups -OCH3 is 1. The Morgan fingerprint density at radius 3 is 2.53 bits per heavy atom. The van der Waals surface area contributed by atoms with Crippen LogP contribution >= 0.6 is 15.9 Å². The summed E-state index contributed by atoms with van der Waals surface area (Å²) in [4.78, 5) is 35.1. The van der Waals surface area contributed by atoms with E-state index in [4.69, 9.17) is 4.74 Å². The van der Waals surface area contributed by atoms with Crippen molar-refractivity contribution in [3.8, 4) is 5.75 Å². The molecule has 2 N–H and O–H groups in total. The van der Waals surface area contributed by atoms with Crippen molar-refractivity contribution in [2.75, 3.05) is 19.0 Å². The maximum Gasteiger partial charge on any atom is 0.343 e. The van der Waals surface area contributed by atoms with Crippen molar-refractivity contribution >= 4 is 45.6 Å². The van der Waals surface area contributed by atoms with E-state index in [1.165, 1.54) is 13.3 Å². The summed E-state index contributed by atoms with van der Waals surface area (Å²) in [5, 5.41) is 6.56. The van der Waals surface area contributed by atoms with Crippen LogP contribution in [-0.2, 0) is 19.1 Å². The molecule has 0 aliphatic rings. The normalized spacial score (nSPS) is 10.5. The van der Waals surface area contributed by atoms with Gasteiger partial charge in [-0.25, -0.2) is 10.2 Å². The van der Waals surface area contributed by atoms with Gasteiger partial charge >= 0.3 is 5.97 Å². The minimum absolute atomic E-state index is 0.206. The first-order valence-electron chi connectivity index (χ1n) is 8.96. The van der Waals surface area contributed by atoms with Gasteiger partial charge in [-0.3, -0.25) is 9.59 Å². The second-order valence-corrected chi connectivity index (χ2v) is 7.25. The molecule has 0 fully saturated rings. The largest absolute Gasteiger partial charge is 0.481 e. The summed E-state index contributed by atoms with van der Waals surface area (Å²) in [6.45, 7) is 3.64. The Bertz CT molecular complexity index is 975. The van der Waals surface area contributed by atoms with Gasteiger partial charge in [0, 0.05) is 5.69 Å². The predicted molar refractivity (Wildman–Crippen MR) is 117 cm³/mol. The maximum absolute atomic E-state index is 12.0. The number of nitrogens with zero attached hydrogens (tertiary/aromatic N) is 1. The van der Waals surface area contributed by atoms with Crippen LogP contribution in [0.4, 0.5) is 5.69 Å². The van der Waals surface area contributed by atoms with Gasteiger partial charge in [0.2, 0.25) is 11.8 Å². The van der Waals surface area contributed by atoms with Gasteiger partial charge in [0.25, 0.3) is 0 Å². The average molecular weight is 476 g/mol. The molecule has 0 aliphatic carbocycles. The molecule has 0 spiro atoms. The van der Waals surface area contributed by atoms with E-state index < -0.39 is 17.8 Å². The summed E-state index contributed by atoms with van der Waals surface area (Å²) in [5.74, 6) is -0.989. The molecule has 0 saturated heterocycles. The molecule has 0 aliphatic heterocycles. The van der Waals surface area contributed by atoms with Crippen LogP contribution in [0.3, 0.4) is 0 Å². The molecule has 30 heavy (non-hydrogen) atoms. The molecule has 2 rings (SSSR count). The van der Waals surface area contributed by atoms with Crippen molar-refractivity contribution in [1.82, 2.24) is 5.43 Å². The first kappa shape index (κ1) is 23.1. The summed E-state index contributed by atoms with van der Waals surface area (Å²) < 4.78 is 10.4. The van der Waals surface area contributed by atoms with Gasteiger partial charge < -0.3 is 14.8 Å². The third-order valence-corrected chi connectivity index (χ3v) is 4.53. The Balaban J connectivity index is 1.84. The molecule has 0 unspecified atom stereocenters. The molecule has 8 nitrogen and oxygen atoms in total. The molecule has 0 aromatic heterocycles. The molecule has 0 radical (unpaired) electrons. The highest BCUT2D eigenvalue weighted by molar-refractivity contribution is 9.10. The minimum atomic E-state index is -0.536. The molecule has 2 amide bonds. The topological polar surface area (TPSA) is 106 Å². The van der Waals surface area contributed by atoms with Gasteiger partial charge in [-0.15, -0.1) is 0 Å². The van der Waals surface area contributed by atoms with Gasteiger partial charge in [0.1, 0.15) is 12.2 Å². The maximum atomic E-state index is 12.0. The number of benzene rings is 2. The summed E-state index contributed by atoms with van der Waals surface area (Å²) >= 11 is 3.34. The minimum Gasteiger partial charge on any atom is -0.481 e. The lowest BCUT2D eigenvalue weighted by Crippen LogP contribution is -2.24. The number of amides is 2. The predicted octanol–water partition coefficient (Wildman–Crippen LogP) is 3.10. The van der Waals surface area contributed by atoms with Crippen LogP contribution < -0.4 is 15.5 Å². The number of hydrogen-bond acceptors (Lipinski definition) is 6. The number of nitrogens with one attached hydrogen (secondary N) is 2. The van der Waals surface area contributed by atoms with Crippen molar-refractivity contribution in [2.24, 2.45) is 5.10 Å². The van der Waals surface area contributed by atoms with Crippen LogP contribution in [0.5, 0.6) is 5.75 Å². The van der Waals surface area contributed by atoms with Crippen molar-refractivity contribution in [3.05, 3.63) is 57.6 Å². The monoisotopic (exact) mass is 475 g/mol. The van der Waals surface area contributed by atoms with Gasteiger partial charge in [0.05, 0.1) is 17.8 Å². The third-order valence-electron chi connectivity index (χ3n) is 3.91. The van der Waals surface area contributed by atoms with Crippen molar-refractivity contribution in [3.63, 3.8) is 0 Å². The van der Waals surface area contributed by atoms with E-state index >= 15 is 0 Å². The molecule has 2 aromatic carbocycles. The van der Waals surface area contributed by atoms with Gasteiger partial charge in [-0.2, -0.15) is 5.10 Å². The number of carbonyl (C=O) groups is 3. The number of hydrazone groups is 1. The zero-order valence-electron chi connectivity index (χ0n) is 16.8. The van der Waals surface area contributed by atoms with Crippen molar-refractivity contribution < 1.29 is 23.9 Å². The molecule has 0 bridgehead atoms. The summed E-state index contributed by atoms with van der Waals surface area (Å²) in [6, 6.07) is 10.7. The van der Waals surface area contributed by atoms with Gasteiger partial charge in [-0.1, -0.05) is 17.7 Å². The number of aryl methyl sites for hydroxylation is 2. The average Bonchev–Trinajstić information content (AvgIpc) is 2.69. The second kappa shape index (κ2) is 11.1. The number of rotatable bonds is 8. The summed E-state index contributed by atoms with van der Waals surface area (Å²) in [5.41, 5.74) is 5.67. The highest BCUT2D eigenvalue weighted by atomic mass is 79.9. The fourth-order valence-electron chi connectivity index (χ4n) is 2.42. The zero-order chi connectivity index (χ0) is 22.1. The van der Waals surface area contributed by atoms with E-state index in [1.54, 1.807) is 24.3 Å². The Kier molecular flexibility index (Phi) is 8.54. The lowest BCUT2D eigenvalue weighted by molar-refractivity contribution is -0.143. The van der Waals surface area contributed by atoms with Crippen molar-refractivity contribution in [2.45, 2.75) is 20.3 Å². The van der Waals surface area contributed by atoms with E-state index in [1.807, 2.05) is 26.0 Å². The van der Waals surface area contributed by atoms with Crippen LogP contribution in [0.1, 0.15) is 23.1 Å². The summed E-state index contributed by atoms with van der Waals surface area (Å²) in [7, 11) is 1.28. The number of ether oxygens (including phenoxy) is 2. The van der Waals surface area contributed by atoms with Gasteiger partial charge in [0.15, 0.2) is 6.61 Å². The van der Waals surface area contributed by atoms with E-state index in [0.717, 1.165) is 11.1 Å². The van der Waals surface area contributed by atoms with Crippen LogP contribution in [0, 0.1) is 13.8 Å². The molecule has 9 heteroatoms. The van der Waals surface area contributed by atoms with E-state index in [0.29, 0.717) is 21.5 Å². The lowest BCUT2D eigenvalue weighted by Gasteiger charge is -2.08. The Morgan fingerprint density at radius 2 is 1.87 bits per heavy atom. The molecule has 0 heterocycles. The smallest absolute Gasteiger partial charge is 0.343 e. The molecule has 158 valence electrons. The van der Waals surface area contributed by atoms with Crippen molar-refractivity contribution in [1.29, 1.82) is 0 Å². The molecule has 0 atom stereocenters.